The average molecular weight is 296 g/mol. The molecule has 1 saturated heterocycles. The van der Waals surface area contributed by atoms with Crippen LogP contribution in [-0.4, -0.2) is 64.3 Å². The van der Waals surface area contributed by atoms with Crippen molar-refractivity contribution < 1.29 is 14.3 Å². The summed E-state index contributed by atoms with van der Waals surface area (Å²) < 4.78 is 12.5. The molecule has 1 aromatic heterocycles. The van der Waals surface area contributed by atoms with Gasteiger partial charge in [0.15, 0.2) is 5.69 Å². The Morgan fingerprint density at radius 3 is 2.95 bits per heavy atom. The molecule has 0 saturated carbocycles. The first kappa shape index (κ1) is 15.9. The van der Waals surface area contributed by atoms with Crippen LogP contribution in [0.15, 0.2) is 0 Å². The number of hydrogen-bond donors (Lipinski definition) is 0. The van der Waals surface area contributed by atoms with E-state index in [2.05, 4.69) is 29.1 Å². The van der Waals surface area contributed by atoms with Crippen LogP contribution in [0.5, 0.6) is 0 Å². The highest BCUT2D eigenvalue weighted by molar-refractivity contribution is 5.88. The summed E-state index contributed by atoms with van der Waals surface area (Å²) in [7, 11) is 0. The zero-order valence-electron chi connectivity index (χ0n) is 13.2. The lowest BCUT2D eigenvalue weighted by molar-refractivity contribution is -0.0473. The van der Waals surface area contributed by atoms with Crippen LogP contribution in [0.4, 0.5) is 0 Å². The molecule has 2 rings (SSSR count). The van der Waals surface area contributed by atoms with Gasteiger partial charge in [0, 0.05) is 19.1 Å². The van der Waals surface area contributed by atoms with Gasteiger partial charge >= 0.3 is 5.97 Å². The quantitative estimate of drug-likeness (QED) is 0.751. The standard InChI is InChI=1S/C14H24N4O3/c1-5-20-14(19)13-11(4)18(16-15-13)9-12-8-17(10(2)3)6-7-21-12/h10,12H,5-9H2,1-4H3. The zero-order valence-corrected chi connectivity index (χ0v) is 13.2. The minimum Gasteiger partial charge on any atom is -0.461 e. The van der Waals surface area contributed by atoms with Gasteiger partial charge in [0.25, 0.3) is 0 Å². The van der Waals surface area contributed by atoms with E-state index in [1.807, 2.05) is 6.92 Å². The van der Waals surface area contributed by atoms with Crippen LogP contribution in [-0.2, 0) is 16.0 Å². The molecule has 1 aromatic rings. The fourth-order valence-electron chi connectivity index (χ4n) is 2.44. The van der Waals surface area contributed by atoms with Gasteiger partial charge < -0.3 is 9.47 Å². The number of rotatable bonds is 5. The van der Waals surface area contributed by atoms with Crippen molar-refractivity contribution in [3.05, 3.63) is 11.4 Å². The molecule has 7 nitrogen and oxygen atoms in total. The van der Waals surface area contributed by atoms with E-state index in [-0.39, 0.29) is 11.8 Å². The number of morpholine rings is 1. The van der Waals surface area contributed by atoms with Gasteiger partial charge in [-0.25, -0.2) is 9.48 Å². The van der Waals surface area contributed by atoms with Crippen LogP contribution >= 0.6 is 0 Å². The highest BCUT2D eigenvalue weighted by atomic mass is 16.5. The summed E-state index contributed by atoms with van der Waals surface area (Å²) in [6, 6.07) is 0.503. The topological polar surface area (TPSA) is 69.5 Å². The summed E-state index contributed by atoms with van der Waals surface area (Å²) in [4.78, 5) is 14.1. The van der Waals surface area contributed by atoms with Gasteiger partial charge in [-0.3, -0.25) is 4.90 Å². The van der Waals surface area contributed by atoms with Crippen molar-refractivity contribution >= 4 is 5.97 Å². The van der Waals surface area contributed by atoms with Crippen molar-refractivity contribution in [1.82, 2.24) is 19.9 Å². The molecule has 1 fully saturated rings. The highest BCUT2D eigenvalue weighted by Crippen LogP contribution is 2.12. The number of carbonyl (C=O) groups is 1. The molecule has 0 spiro atoms. The molecule has 0 bridgehead atoms. The van der Waals surface area contributed by atoms with Gasteiger partial charge in [-0.05, 0) is 27.7 Å². The van der Waals surface area contributed by atoms with E-state index in [4.69, 9.17) is 9.47 Å². The third kappa shape index (κ3) is 3.79. The molecule has 0 radical (unpaired) electrons. The van der Waals surface area contributed by atoms with Gasteiger partial charge in [0.1, 0.15) is 0 Å². The second-order valence-corrected chi connectivity index (χ2v) is 5.51. The lowest BCUT2D eigenvalue weighted by atomic mass is 10.2. The lowest BCUT2D eigenvalue weighted by Crippen LogP contribution is -2.47. The van der Waals surface area contributed by atoms with E-state index in [1.165, 1.54) is 0 Å². The molecular formula is C14H24N4O3. The predicted octanol–water partition coefficient (Wildman–Crippen LogP) is 0.872. The van der Waals surface area contributed by atoms with Gasteiger partial charge in [0.05, 0.1) is 31.6 Å². The summed E-state index contributed by atoms with van der Waals surface area (Å²) in [5.74, 6) is -0.422. The maximum Gasteiger partial charge on any atom is 0.360 e. The van der Waals surface area contributed by atoms with Gasteiger partial charge in [-0.1, -0.05) is 5.21 Å². The van der Waals surface area contributed by atoms with E-state index in [9.17, 15) is 4.79 Å². The molecule has 0 N–H and O–H groups in total. The van der Waals surface area contributed by atoms with Crippen molar-refractivity contribution in [2.45, 2.75) is 46.4 Å². The van der Waals surface area contributed by atoms with Crippen molar-refractivity contribution in [2.24, 2.45) is 0 Å². The van der Waals surface area contributed by atoms with Crippen LogP contribution in [0, 0.1) is 6.92 Å². The summed E-state index contributed by atoms with van der Waals surface area (Å²) in [6.07, 6.45) is 0.0663. The molecule has 0 amide bonds. The maximum atomic E-state index is 11.7. The SMILES string of the molecule is CCOC(=O)c1nnn(CC2CN(C(C)C)CCO2)c1C. The Labute approximate surface area is 125 Å². The Balaban J connectivity index is 2.01. The summed E-state index contributed by atoms with van der Waals surface area (Å²) in [6.45, 7) is 11.4. The normalized spacial score (nSPS) is 20.0. The number of aromatic nitrogens is 3. The fraction of sp³-hybridized carbons (Fsp3) is 0.786. The molecule has 118 valence electrons. The third-order valence-corrected chi connectivity index (χ3v) is 3.73. The van der Waals surface area contributed by atoms with Crippen LogP contribution in [0.2, 0.25) is 0 Å². The third-order valence-electron chi connectivity index (χ3n) is 3.73. The molecule has 1 atom stereocenters. The predicted molar refractivity (Wildman–Crippen MR) is 77.2 cm³/mol. The number of esters is 1. The van der Waals surface area contributed by atoms with Crippen LogP contribution in [0.25, 0.3) is 0 Å². The summed E-state index contributed by atoms with van der Waals surface area (Å²) in [5.41, 5.74) is 1.01. The Kier molecular flexibility index (Phi) is 5.30. The minimum absolute atomic E-state index is 0.0663. The Morgan fingerprint density at radius 2 is 2.29 bits per heavy atom. The second-order valence-electron chi connectivity index (χ2n) is 5.51. The minimum atomic E-state index is -0.422. The first-order chi connectivity index (χ1) is 10.0. The molecule has 1 aliphatic rings. The number of nitrogens with zero attached hydrogens (tertiary/aromatic N) is 4. The molecular weight excluding hydrogens is 272 g/mol. The molecule has 2 heterocycles. The van der Waals surface area contributed by atoms with Crippen molar-refractivity contribution in [3.8, 4) is 0 Å². The number of hydrogen-bond acceptors (Lipinski definition) is 6. The monoisotopic (exact) mass is 296 g/mol. The van der Waals surface area contributed by atoms with E-state index < -0.39 is 5.97 Å². The molecule has 21 heavy (non-hydrogen) atoms. The van der Waals surface area contributed by atoms with Crippen molar-refractivity contribution in [1.29, 1.82) is 0 Å². The first-order valence-corrected chi connectivity index (χ1v) is 7.45. The van der Waals surface area contributed by atoms with Crippen molar-refractivity contribution in [2.75, 3.05) is 26.3 Å². The Bertz CT molecular complexity index is 487. The molecule has 0 aromatic carbocycles. The Hall–Kier alpha value is -1.47. The van der Waals surface area contributed by atoms with E-state index in [1.54, 1.807) is 11.6 Å². The largest absolute Gasteiger partial charge is 0.461 e. The molecule has 1 unspecified atom stereocenters. The second kappa shape index (κ2) is 7.00. The van der Waals surface area contributed by atoms with Gasteiger partial charge in [-0.15, -0.1) is 5.10 Å². The number of ether oxygens (including phenoxy) is 2. The molecule has 7 heteroatoms. The number of carbonyl (C=O) groups excluding carboxylic acids is 1. The van der Waals surface area contributed by atoms with Gasteiger partial charge in [-0.2, -0.15) is 0 Å². The summed E-state index contributed by atoms with van der Waals surface area (Å²) >= 11 is 0. The smallest absolute Gasteiger partial charge is 0.360 e. The lowest BCUT2D eigenvalue weighted by Gasteiger charge is -2.35. The van der Waals surface area contributed by atoms with E-state index in [0.29, 0.717) is 19.2 Å². The van der Waals surface area contributed by atoms with Gasteiger partial charge in [0.2, 0.25) is 0 Å². The zero-order chi connectivity index (χ0) is 15.4. The van der Waals surface area contributed by atoms with Crippen LogP contribution < -0.4 is 0 Å². The average Bonchev–Trinajstić information content (AvgIpc) is 2.81. The molecule has 1 aliphatic heterocycles. The van der Waals surface area contributed by atoms with Crippen molar-refractivity contribution in [3.63, 3.8) is 0 Å². The maximum absolute atomic E-state index is 11.7. The van der Waals surface area contributed by atoms with E-state index >= 15 is 0 Å². The summed E-state index contributed by atoms with van der Waals surface area (Å²) in [5, 5.41) is 7.97. The van der Waals surface area contributed by atoms with Crippen LogP contribution in [0.1, 0.15) is 37.0 Å². The highest BCUT2D eigenvalue weighted by Gasteiger charge is 2.25. The molecule has 0 aliphatic carbocycles. The first-order valence-electron chi connectivity index (χ1n) is 7.45. The van der Waals surface area contributed by atoms with Crippen LogP contribution in [0.3, 0.4) is 0 Å². The van der Waals surface area contributed by atoms with E-state index in [0.717, 1.165) is 25.4 Å². The Morgan fingerprint density at radius 1 is 1.52 bits per heavy atom. The fourth-order valence-corrected chi connectivity index (χ4v) is 2.44.